The molecule has 0 spiro atoms. The normalized spacial score (nSPS) is 17.8. The van der Waals surface area contributed by atoms with Gasteiger partial charge in [-0.2, -0.15) is 0 Å². The second-order valence-electron chi connectivity index (χ2n) is 10.9. The fraction of sp³-hybridized carbons (Fsp3) is 0.680. The van der Waals surface area contributed by atoms with Crippen molar-refractivity contribution in [2.75, 3.05) is 13.3 Å². The number of nitrogens with zero attached hydrogens (tertiary/aromatic N) is 1. The van der Waals surface area contributed by atoms with Gasteiger partial charge in [0.2, 0.25) is 11.8 Å². The van der Waals surface area contributed by atoms with Crippen LogP contribution in [0.2, 0.25) is 0 Å². The van der Waals surface area contributed by atoms with Gasteiger partial charge in [0.1, 0.15) is 6.79 Å². The zero-order chi connectivity index (χ0) is 23.2. The zero-order valence-electron chi connectivity index (χ0n) is 20.4. The molecule has 0 saturated carbocycles. The van der Waals surface area contributed by atoms with Crippen molar-refractivity contribution >= 4 is 11.8 Å². The number of hydrogen-bond donors (Lipinski definition) is 0. The molecule has 2 amide bonds. The van der Waals surface area contributed by atoms with Crippen LogP contribution in [0.4, 0.5) is 0 Å². The number of amides is 2. The first-order chi connectivity index (χ1) is 13.6. The summed E-state index contributed by atoms with van der Waals surface area (Å²) in [6.07, 6.45) is 1.09. The molecule has 2 rings (SSSR count). The molecule has 0 radical (unpaired) electrons. The standard InChI is InChI=1S/C16H21NO2.C9H20O2/c1-16(2,3)13-11-14(18)17(15(13)19)10-9-12-7-5-4-6-8-12;1-8(2,3)10-7-11-9(4,5)6/h4-8,13H,9-11H2,1-3H3;7H2,1-6H3. The number of ether oxygens (including phenoxy) is 2. The molecule has 0 N–H and O–H groups in total. The van der Waals surface area contributed by atoms with Gasteiger partial charge in [-0.3, -0.25) is 14.5 Å². The molecule has 1 heterocycles. The molecule has 30 heavy (non-hydrogen) atoms. The van der Waals surface area contributed by atoms with Crippen LogP contribution in [0.5, 0.6) is 0 Å². The summed E-state index contributed by atoms with van der Waals surface area (Å²) in [6.45, 7) is 19.0. The van der Waals surface area contributed by atoms with Crippen molar-refractivity contribution in [2.45, 2.75) is 86.4 Å². The molecule has 5 heteroatoms. The predicted molar refractivity (Wildman–Crippen MR) is 121 cm³/mol. The molecule has 1 aliphatic rings. The van der Waals surface area contributed by atoms with Gasteiger partial charge in [-0.25, -0.2) is 0 Å². The van der Waals surface area contributed by atoms with Gasteiger partial charge >= 0.3 is 0 Å². The van der Waals surface area contributed by atoms with E-state index in [1.807, 2.05) is 92.6 Å². The van der Waals surface area contributed by atoms with Gasteiger partial charge < -0.3 is 9.47 Å². The lowest BCUT2D eigenvalue weighted by Crippen LogP contribution is -2.35. The molecule has 1 fully saturated rings. The molecule has 0 aliphatic carbocycles. The van der Waals surface area contributed by atoms with Crippen molar-refractivity contribution in [1.82, 2.24) is 4.90 Å². The van der Waals surface area contributed by atoms with Crippen LogP contribution in [-0.4, -0.2) is 41.3 Å². The van der Waals surface area contributed by atoms with Gasteiger partial charge in [0.15, 0.2) is 0 Å². The van der Waals surface area contributed by atoms with Gasteiger partial charge in [0, 0.05) is 13.0 Å². The monoisotopic (exact) mass is 419 g/mol. The lowest BCUT2D eigenvalue weighted by Gasteiger charge is -2.24. The molecular formula is C25H41NO4. The first-order valence-electron chi connectivity index (χ1n) is 10.8. The van der Waals surface area contributed by atoms with Crippen molar-refractivity contribution in [3.63, 3.8) is 0 Å². The van der Waals surface area contributed by atoms with E-state index in [-0.39, 0.29) is 34.3 Å². The summed E-state index contributed by atoms with van der Waals surface area (Å²) in [7, 11) is 0. The molecule has 1 aromatic rings. The second-order valence-corrected chi connectivity index (χ2v) is 10.9. The molecule has 1 aromatic carbocycles. The van der Waals surface area contributed by atoms with Gasteiger partial charge in [-0.15, -0.1) is 0 Å². The van der Waals surface area contributed by atoms with E-state index >= 15 is 0 Å². The number of imide groups is 1. The quantitative estimate of drug-likeness (QED) is 0.485. The number of benzene rings is 1. The predicted octanol–water partition coefficient (Wildman–Crippen LogP) is 5.22. The minimum atomic E-state index is -0.171. The molecule has 1 unspecified atom stereocenters. The van der Waals surface area contributed by atoms with E-state index < -0.39 is 0 Å². The van der Waals surface area contributed by atoms with E-state index in [1.54, 1.807) is 0 Å². The Bertz CT molecular complexity index is 664. The maximum atomic E-state index is 12.3. The maximum absolute atomic E-state index is 12.3. The number of carbonyl (C=O) groups is 2. The molecule has 5 nitrogen and oxygen atoms in total. The summed E-state index contributed by atoms with van der Waals surface area (Å²) in [4.78, 5) is 25.7. The number of hydrogen-bond acceptors (Lipinski definition) is 4. The van der Waals surface area contributed by atoms with Crippen LogP contribution in [0, 0.1) is 11.3 Å². The number of likely N-dealkylation sites (tertiary alicyclic amines) is 1. The summed E-state index contributed by atoms with van der Waals surface area (Å²) < 4.78 is 10.8. The van der Waals surface area contributed by atoms with Crippen molar-refractivity contribution < 1.29 is 19.1 Å². The zero-order valence-corrected chi connectivity index (χ0v) is 20.4. The molecular weight excluding hydrogens is 378 g/mol. The Morgan fingerprint density at radius 2 is 1.37 bits per heavy atom. The minimum absolute atomic E-state index is 0.00608. The van der Waals surface area contributed by atoms with Crippen molar-refractivity contribution in [3.8, 4) is 0 Å². The van der Waals surface area contributed by atoms with Crippen LogP contribution in [0.15, 0.2) is 30.3 Å². The van der Waals surface area contributed by atoms with Gasteiger partial charge in [-0.05, 0) is 58.9 Å². The number of carbonyl (C=O) groups excluding carboxylic acids is 2. The summed E-state index contributed by atoms with van der Waals surface area (Å²) in [5.74, 6) is -0.204. The summed E-state index contributed by atoms with van der Waals surface area (Å²) in [6, 6.07) is 9.95. The lowest BCUT2D eigenvalue weighted by molar-refractivity contribution is -0.163. The lowest BCUT2D eigenvalue weighted by atomic mass is 9.80. The fourth-order valence-electron chi connectivity index (χ4n) is 2.86. The minimum Gasteiger partial charge on any atom is -0.350 e. The summed E-state index contributed by atoms with van der Waals surface area (Å²) >= 11 is 0. The van der Waals surface area contributed by atoms with Gasteiger partial charge in [-0.1, -0.05) is 51.1 Å². The maximum Gasteiger partial charge on any atom is 0.233 e. The topological polar surface area (TPSA) is 55.8 Å². The summed E-state index contributed by atoms with van der Waals surface area (Å²) in [5.41, 5.74) is 0.799. The van der Waals surface area contributed by atoms with Crippen LogP contribution in [0.1, 0.15) is 74.3 Å². The molecule has 1 atom stereocenters. The fourth-order valence-corrected chi connectivity index (χ4v) is 2.86. The molecule has 1 saturated heterocycles. The van der Waals surface area contributed by atoms with Gasteiger partial charge in [0.05, 0.1) is 17.1 Å². The Balaban J connectivity index is 0.000000352. The van der Waals surface area contributed by atoms with Crippen molar-refractivity contribution in [3.05, 3.63) is 35.9 Å². The SMILES string of the molecule is CC(C)(C)C1CC(=O)N(CCc2ccccc2)C1=O.CC(C)(C)OCOC(C)(C)C. The van der Waals surface area contributed by atoms with Crippen molar-refractivity contribution in [2.24, 2.45) is 11.3 Å². The Morgan fingerprint density at radius 1 is 0.867 bits per heavy atom. The first-order valence-corrected chi connectivity index (χ1v) is 10.8. The van der Waals surface area contributed by atoms with E-state index in [4.69, 9.17) is 9.47 Å². The average Bonchev–Trinajstić information content (AvgIpc) is 2.86. The third-order valence-corrected chi connectivity index (χ3v) is 4.74. The highest BCUT2D eigenvalue weighted by Gasteiger charge is 2.44. The van der Waals surface area contributed by atoms with Crippen molar-refractivity contribution in [1.29, 1.82) is 0 Å². The van der Waals surface area contributed by atoms with E-state index in [1.165, 1.54) is 4.90 Å². The largest absolute Gasteiger partial charge is 0.350 e. The van der Waals surface area contributed by atoms with Gasteiger partial charge in [0.25, 0.3) is 0 Å². The smallest absolute Gasteiger partial charge is 0.233 e. The highest BCUT2D eigenvalue weighted by Crippen LogP contribution is 2.35. The van der Waals surface area contributed by atoms with Crippen LogP contribution in [0.25, 0.3) is 0 Å². The molecule has 1 aliphatic heterocycles. The second kappa shape index (κ2) is 10.5. The first kappa shape index (κ1) is 26.3. The van der Waals surface area contributed by atoms with E-state index in [0.717, 1.165) is 12.0 Å². The summed E-state index contributed by atoms with van der Waals surface area (Å²) in [5, 5.41) is 0. The Hall–Kier alpha value is -1.72. The molecule has 0 aromatic heterocycles. The van der Waals surface area contributed by atoms with Crippen LogP contribution >= 0.6 is 0 Å². The van der Waals surface area contributed by atoms with E-state index in [0.29, 0.717) is 19.8 Å². The Morgan fingerprint density at radius 3 is 1.77 bits per heavy atom. The highest BCUT2D eigenvalue weighted by molar-refractivity contribution is 6.03. The Labute approximate surface area is 183 Å². The van der Waals surface area contributed by atoms with Crippen LogP contribution < -0.4 is 0 Å². The molecule has 170 valence electrons. The van der Waals surface area contributed by atoms with Crippen LogP contribution in [0.3, 0.4) is 0 Å². The third kappa shape index (κ3) is 9.86. The molecule has 0 bridgehead atoms. The number of rotatable bonds is 5. The van der Waals surface area contributed by atoms with Crippen LogP contribution in [-0.2, 0) is 25.5 Å². The Kier molecular flexibility index (Phi) is 9.25. The average molecular weight is 420 g/mol. The third-order valence-electron chi connectivity index (χ3n) is 4.74. The van der Waals surface area contributed by atoms with E-state index in [2.05, 4.69) is 0 Å². The van der Waals surface area contributed by atoms with E-state index in [9.17, 15) is 9.59 Å². The highest BCUT2D eigenvalue weighted by atomic mass is 16.7.